The first kappa shape index (κ1) is 15.8. The van der Waals surface area contributed by atoms with Gasteiger partial charge in [-0.15, -0.1) is 0 Å². The molecule has 0 amide bonds. The predicted molar refractivity (Wildman–Crippen MR) is 52.4 cm³/mol. The van der Waals surface area contributed by atoms with Crippen molar-refractivity contribution in [3.8, 4) is 0 Å². The molecule has 0 aromatic carbocycles. The maximum atomic E-state index is 10.2. The Labute approximate surface area is 83.4 Å². The Kier molecular flexibility index (Phi) is 7.55. The topological polar surface area (TPSA) is 150 Å². The number of carboxylic acid groups (broad SMARTS) is 1. The second kappa shape index (κ2) is 6.71. The molecule has 0 spiro atoms. The van der Waals surface area contributed by atoms with Crippen LogP contribution >= 0.6 is 0 Å². The van der Waals surface area contributed by atoms with Gasteiger partial charge in [0.05, 0.1) is 0 Å². The van der Waals surface area contributed by atoms with Gasteiger partial charge < -0.3 is 10.8 Å². The molecule has 86 valence electrons. The molecule has 0 aliphatic carbocycles. The van der Waals surface area contributed by atoms with Crippen molar-refractivity contribution < 1.29 is 18.3 Å². The molecule has 0 rings (SSSR count). The van der Waals surface area contributed by atoms with Crippen molar-refractivity contribution in [2.75, 3.05) is 0 Å². The lowest BCUT2D eigenvalue weighted by atomic mass is 10.0. The van der Waals surface area contributed by atoms with Crippen LogP contribution in [0.15, 0.2) is 0 Å². The molecule has 14 heavy (non-hydrogen) atoms. The van der Waals surface area contributed by atoms with Gasteiger partial charge in [-0.3, -0.25) is 4.79 Å². The summed E-state index contributed by atoms with van der Waals surface area (Å²) in [6.07, 6.45) is 0.813. The van der Waals surface area contributed by atoms with Crippen LogP contribution in [-0.4, -0.2) is 25.5 Å². The number of carboxylic acids is 1. The minimum absolute atomic E-state index is 0.0718. The fraction of sp³-hybridized carbons (Fsp3) is 0.833. The molecule has 8 heteroatoms. The van der Waals surface area contributed by atoms with E-state index in [2.05, 4.69) is 10.3 Å². The van der Waals surface area contributed by atoms with Crippen molar-refractivity contribution in [3.05, 3.63) is 0 Å². The molecule has 7 nitrogen and oxygen atoms in total. The number of nitrogens with two attached hydrogens (primary N) is 3. The zero-order valence-electron chi connectivity index (χ0n) is 8.17. The van der Waals surface area contributed by atoms with Crippen molar-refractivity contribution in [1.29, 1.82) is 0 Å². The second-order valence-electron chi connectivity index (χ2n) is 2.84. The van der Waals surface area contributed by atoms with Crippen molar-refractivity contribution in [2.45, 2.75) is 26.3 Å². The van der Waals surface area contributed by atoms with E-state index in [0.717, 1.165) is 6.42 Å². The zero-order chi connectivity index (χ0) is 11.9. The van der Waals surface area contributed by atoms with E-state index in [9.17, 15) is 13.2 Å². The van der Waals surface area contributed by atoms with Gasteiger partial charge in [0, 0.05) is 0 Å². The Hall–Kier alpha value is -0.700. The molecule has 0 bridgehead atoms. The largest absolute Gasteiger partial charge is 0.480 e. The fourth-order valence-electron chi connectivity index (χ4n) is 0.497. The third kappa shape index (κ3) is 13.9. The minimum atomic E-state index is -3.67. The molecule has 0 aromatic heterocycles. The summed E-state index contributed by atoms with van der Waals surface area (Å²) in [5.41, 5.74) is 5.27. The van der Waals surface area contributed by atoms with Gasteiger partial charge in [0.2, 0.25) is 0 Å². The summed E-state index contributed by atoms with van der Waals surface area (Å²) in [5.74, 6) is -0.841. The summed E-state index contributed by atoms with van der Waals surface area (Å²) >= 11 is 0. The SMILES string of the molecule is CC[C@H](C)[C@H](N)C(=O)O.NS(N)(=O)=O. The van der Waals surface area contributed by atoms with E-state index in [1.54, 1.807) is 0 Å². The van der Waals surface area contributed by atoms with Gasteiger partial charge in [-0.2, -0.15) is 8.42 Å². The maximum absolute atomic E-state index is 10.2. The number of carbonyl (C=O) groups is 1. The Bertz CT molecular complexity index is 256. The van der Waals surface area contributed by atoms with Gasteiger partial charge in [0.15, 0.2) is 0 Å². The first-order valence-corrected chi connectivity index (χ1v) is 5.49. The van der Waals surface area contributed by atoms with E-state index in [1.165, 1.54) is 0 Å². The molecule has 0 fully saturated rings. The van der Waals surface area contributed by atoms with E-state index >= 15 is 0 Å². The van der Waals surface area contributed by atoms with Crippen molar-refractivity contribution >= 4 is 16.2 Å². The number of hydrogen-bond acceptors (Lipinski definition) is 4. The Morgan fingerprint density at radius 1 is 1.43 bits per heavy atom. The van der Waals surface area contributed by atoms with E-state index in [-0.39, 0.29) is 5.92 Å². The molecule has 0 heterocycles. The normalized spacial score (nSPS) is 14.9. The van der Waals surface area contributed by atoms with E-state index in [0.29, 0.717) is 0 Å². The van der Waals surface area contributed by atoms with Crippen LogP contribution in [0.1, 0.15) is 20.3 Å². The van der Waals surface area contributed by atoms with Crippen LogP contribution in [0.2, 0.25) is 0 Å². The summed E-state index contributed by atoms with van der Waals surface area (Å²) < 4.78 is 18.4. The lowest BCUT2D eigenvalue weighted by molar-refractivity contribution is -0.139. The average molecular weight is 227 g/mol. The molecule has 0 radical (unpaired) electrons. The Morgan fingerprint density at radius 3 is 1.79 bits per heavy atom. The highest BCUT2D eigenvalue weighted by Gasteiger charge is 2.17. The molecule has 7 N–H and O–H groups in total. The standard InChI is InChI=1S/C6H13NO2.H4N2O2S/c1-3-4(2)5(7)6(8)9;1-5(2,3)4/h4-5H,3,7H2,1-2H3,(H,8,9);(H4,1,2,3,4)/t4-,5-;/m0./s1. The lowest BCUT2D eigenvalue weighted by Gasteiger charge is -2.11. The quantitative estimate of drug-likeness (QED) is 0.467. The third-order valence-electron chi connectivity index (χ3n) is 1.54. The van der Waals surface area contributed by atoms with Crippen LogP contribution in [0.25, 0.3) is 0 Å². The van der Waals surface area contributed by atoms with E-state index < -0.39 is 22.2 Å². The highest BCUT2D eigenvalue weighted by molar-refractivity contribution is 7.86. The van der Waals surface area contributed by atoms with Crippen LogP contribution in [-0.2, 0) is 15.0 Å². The first-order chi connectivity index (χ1) is 6.09. The smallest absolute Gasteiger partial charge is 0.320 e. The van der Waals surface area contributed by atoms with Crippen LogP contribution < -0.4 is 16.0 Å². The van der Waals surface area contributed by atoms with Crippen LogP contribution in [0.3, 0.4) is 0 Å². The van der Waals surface area contributed by atoms with Crippen LogP contribution in [0, 0.1) is 5.92 Å². The molecular formula is C6H17N3O4S. The van der Waals surface area contributed by atoms with Gasteiger partial charge >= 0.3 is 5.97 Å². The predicted octanol–water partition coefficient (Wildman–Crippen LogP) is -1.41. The molecule has 0 aliphatic heterocycles. The summed E-state index contributed by atoms with van der Waals surface area (Å²) in [5, 5.41) is 16.6. The van der Waals surface area contributed by atoms with Crippen molar-refractivity contribution in [3.63, 3.8) is 0 Å². The highest BCUT2D eigenvalue weighted by Crippen LogP contribution is 2.04. The summed E-state index contributed by atoms with van der Waals surface area (Å²) in [7, 11) is -3.67. The number of rotatable bonds is 3. The monoisotopic (exact) mass is 227 g/mol. The Balaban J connectivity index is 0. The zero-order valence-corrected chi connectivity index (χ0v) is 8.99. The average Bonchev–Trinajstić information content (AvgIpc) is 1.98. The van der Waals surface area contributed by atoms with Gasteiger partial charge in [-0.05, 0) is 5.92 Å². The number of aliphatic carboxylic acids is 1. The number of hydrogen-bond donors (Lipinski definition) is 4. The van der Waals surface area contributed by atoms with Gasteiger partial charge in [0.1, 0.15) is 6.04 Å². The summed E-state index contributed by atoms with van der Waals surface area (Å²) in [4.78, 5) is 10.2. The lowest BCUT2D eigenvalue weighted by Crippen LogP contribution is -2.36. The highest BCUT2D eigenvalue weighted by atomic mass is 32.2. The molecular weight excluding hydrogens is 210 g/mol. The van der Waals surface area contributed by atoms with Crippen LogP contribution in [0.4, 0.5) is 0 Å². The fourth-order valence-corrected chi connectivity index (χ4v) is 0.497. The Morgan fingerprint density at radius 2 is 1.71 bits per heavy atom. The summed E-state index contributed by atoms with van der Waals surface area (Å²) in [6, 6.07) is -0.699. The molecule has 0 saturated carbocycles. The summed E-state index contributed by atoms with van der Waals surface area (Å²) in [6.45, 7) is 3.76. The third-order valence-corrected chi connectivity index (χ3v) is 1.54. The first-order valence-electron chi connectivity index (χ1n) is 3.88. The van der Waals surface area contributed by atoms with Crippen molar-refractivity contribution in [2.24, 2.45) is 21.9 Å². The van der Waals surface area contributed by atoms with Gasteiger partial charge in [0.25, 0.3) is 10.2 Å². The van der Waals surface area contributed by atoms with E-state index in [4.69, 9.17) is 10.8 Å². The molecule has 2 atom stereocenters. The van der Waals surface area contributed by atoms with E-state index in [1.807, 2.05) is 13.8 Å². The molecule has 0 unspecified atom stereocenters. The maximum Gasteiger partial charge on any atom is 0.320 e. The molecule has 0 saturated heterocycles. The molecule has 0 aromatic rings. The second-order valence-corrected chi connectivity index (χ2v) is 4.02. The van der Waals surface area contributed by atoms with Gasteiger partial charge in [-0.1, -0.05) is 20.3 Å². The molecule has 0 aliphatic rings. The minimum Gasteiger partial charge on any atom is -0.480 e. The van der Waals surface area contributed by atoms with Crippen LogP contribution in [0.5, 0.6) is 0 Å². The van der Waals surface area contributed by atoms with Gasteiger partial charge in [-0.25, -0.2) is 10.3 Å². The van der Waals surface area contributed by atoms with Crippen molar-refractivity contribution in [1.82, 2.24) is 0 Å².